The number of amides is 1. The van der Waals surface area contributed by atoms with E-state index in [1.807, 2.05) is 20.8 Å². The fourth-order valence-electron chi connectivity index (χ4n) is 1.65. The molecule has 0 saturated carbocycles. The van der Waals surface area contributed by atoms with Gasteiger partial charge >= 0.3 is 6.09 Å². The van der Waals surface area contributed by atoms with E-state index in [1.165, 1.54) is 0 Å². The third-order valence-corrected chi connectivity index (χ3v) is 2.35. The van der Waals surface area contributed by atoms with Crippen LogP contribution in [0, 0.1) is 0 Å². The second kappa shape index (κ2) is 5.50. The van der Waals surface area contributed by atoms with Crippen LogP contribution < -0.4 is 10.6 Å². The van der Waals surface area contributed by atoms with Gasteiger partial charge in [-0.3, -0.25) is 0 Å². The molecule has 1 saturated heterocycles. The molecule has 2 N–H and O–H groups in total. The van der Waals surface area contributed by atoms with E-state index in [1.54, 1.807) is 0 Å². The van der Waals surface area contributed by atoms with Gasteiger partial charge in [0.2, 0.25) is 0 Å². The van der Waals surface area contributed by atoms with E-state index in [0.29, 0.717) is 12.6 Å². The van der Waals surface area contributed by atoms with E-state index in [4.69, 9.17) is 4.74 Å². The molecule has 1 aliphatic rings. The van der Waals surface area contributed by atoms with Crippen LogP contribution in [-0.4, -0.2) is 55.9 Å². The minimum absolute atomic E-state index is 0.311. The van der Waals surface area contributed by atoms with Gasteiger partial charge in [-0.25, -0.2) is 4.79 Å². The van der Waals surface area contributed by atoms with Crippen LogP contribution in [0.3, 0.4) is 0 Å². The van der Waals surface area contributed by atoms with Crippen LogP contribution in [0.1, 0.15) is 20.8 Å². The molecule has 0 spiro atoms. The van der Waals surface area contributed by atoms with Gasteiger partial charge in [-0.1, -0.05) is 0 Å². The highest BCUT2D eigenvalue weighted by atomic mass is 16.6. The Balaban J connectivity index is 2.21. The van der Waals surface area contributed by atoms with Crippen molar-refractivity contribution >= 4 is 6.09 Å². The highest BCUT2D eigenvalue weighted by molar-refractivity contribution is 5.67. The predicted octanol–water partition coefficient (Wildman–Crippen LogP) is 0.415. The average Bonchev–Trinajstić information content (AvgIpc) is 2.12. The van der Waals surface area contributed by atoms with Crippen LogP contribution >= 0.6 is 0 Å². The molecule has 0 aromatic heterocycles. The van der Waals surface area contributed by atoms with E-state index < -0.39 is 5.60 Å². The summed E-state index contributed by atoms with van der Waals surface area (Å²) in [6.07, 6.45) is -0.345. The van der Waals surface area contributed by atoms with Gasteiger partial charge in [0.05, 0.1) is 0 Å². The van der Waals surface area contributed by atoms with Crippen molar-refractivity contribution in [2.45, 2.75) is 32.4 Å². The van der Waals surface area contributed by atoms with Gasteiger partial charge < -0.3 is 20.3 Å². The standard InChI is InChI=1S/C11H23N3O2/c1-11(2,3)16-10(15)13-7-9-8-14(4)6-5-12-9/h9,12H,5-8H2,1-4H3,(H,13,15). The highest BCUT2D eigenvalue weighted by Crippen LogP contribution is 2.06. The number of nitrogens with zero attached hydrogens (tertiary/aromatic N) is 1. The monoisotopic (exact) mass is 229 g/mol. The van der Waals surface area contributed by atoms with E-state index >= 15 is 0 Å². The molecular weight excluding hydrogens is 206 g/mol. The minimum atomic E-state index is -0.430. The highest BCUT2D eigenvalue weighted by Gasteiger charge is 2.19. The van der Waals surface area contributed by atoms with Gasteiger partial charge in [0, 0.05) is 32.2 Å². The molecule has 1 fully saturated rings. The lowest BCUT2D eigenvalue weighted by Gasteiger charge is -2.31. The summed E-state index contributed by atoms with van der Waals surface area (Å²) in [5.41, 5.74) is -0.430. The molecule has 5 heteroatoms. The molecule has 16 heavy (non-hydrogen) atoms. The number of hydrogen-bond acceptors (Lipinski definition) is 4. The molecular formula is C11H23N3O2. The van der Waals surface area contributed by atoms with E-state index in [0.717, 1.165) is 19.6 Å². The number of alkyl carbamates (subject to hydrolysis) is 1. The topological polar surface area (TPSA) is 53.6 Å². The normalized spacial score (nSPS) is 22.9. The summed E-state index contributed by atoms with van der Waals surface area (Å²) >= 11 is 0. The molecule has 1 aliphatic heterocycles. The second-order valence-electron chi connectivity index (χ2n) is 5.30. The Labute approximate surface area is 97.5 Å². The van der Waals surface area contributed by atoms with Crippen LogP contribution in [0.15, 0.2) is 0 Å². The van der Waals surface area contributed by atoms with Gasteiger partial charge in [0.15, 0.2) is 0 Å². The van der Waals surface area contributed by atoms with E-state index in [-0.39, 0.29) is 6.09 Å². The van der Waals surface area contributed by atoms with Crippen LogP contribution in [0.4, 0.5) is 4.79 Å². The predicted molar refractivity (Wildman–Crippen MR) is 63.5 cm³/mol. The first kappa shape index (κ1) is 13.3. The Hall–Kier alpha value is -0.810. The molecule has 1 rings (SSSR count). The first-order chi connectivity index (χ1) is 7.37. The zero-order chi connectivity index (χ0) is 12.2. The molecule has 94 valence electrons. The largest absolute Gasteiger partial charge is 0.444 e. The lowest BCUT2D eigenvalue weighted by Crippen LogP contribution is -2.54. The summed E-state index contributed by atoms with van der Waals surface area (Å²) in [5.74, 6) is 0. The maximum atomic E-state index is 11.4. The maximum absolute atomic E-state index is 11.4. The van der Waals surface area contributed by atoms with Crippen LogP contribution in [0.25, 0.3) is 0 Å². The smallest absolute Gasteiger partial charge is 0.407 e. The molecule has 0 aromatic carbocycles. The number of hydrogen-bond donors (Lipinski definition) is 2. The number of piperazine rings is 1. The molecule has 1 heterocycles. The molecule has 1 amide bonds. The van der Waals surface area contributed by atoms with Crippen molar-refractivity contribution in [2.75, 3.05) is 33.2 Å². The summed E-state index contributed by atoms with van der Waals surface area (Å²) in [6, 6.07) is 0.311. The van der Waals surface area contributed by atoms with Gasteiger partial charge in [-0.15, -0.1) is 0 Å². The lowest BCUT2D eigenvalue weighted by molar-refractivity contribution is 0.0517. The van der Waals surface area contributed by atoms with Gasteiger partial charge in [0.1, 0.15) is 5.60 Å². The molecule has 0 aliphatic carbocycles. The second-order valence-corrected chi connectivity index (χ2v) is 5.30. The van der Waals surface area contributed by atoms with Crippen molar-refractivity contribution in [3.05, 3.63) is 0 Å². The Bertz CT molecular complexity index is 238. The Morgan fingerprint density at radius 3 is 2.81 bits per heavy atom. The van der Waals surface area contributed by atoms with Gasteiger partial charge in [-0.2, -0.15) is 0 Å². The molecule has 1 unspecified atom stereocenters. The van der Waals surface area contributed by atoms with Crippen molar-refractivity contribution in [1.29, 1.82) is 0 Å². The molecule has 0 aromatic rings. The number of nitrogens with one attached hydrogen (secondary N) is 2. The Kier molecular flexibility index (Phi) is 4.56. The fraction of sp³-hybridized carbons (Fsp3) is 0.909. The van der Waals surface area contributed by atoms with Crippen molar-refractivity contribution in [2.24, 2.45) is 0 Å². The van der Waals surface area contributed by atoms with Gasteiger partial charge in [0.25, 0.3) is 0 Å². The quantitative estimate of drug-likeness (QED) is 0.720. The minimum Gasteiger partial charge on any atom is -0.444 e. The lowest BCUT2D eigenvalue weighted by atomic mass is 10.2. The molecule has 0 bridgehead atoms. The summed E-state index contributed by atoms with van der Waals surface area (Å²) in [6.45, 7) is 9.17. The Morgan fingerprint density at radius 2 is 2.25 bits per heavy atom. The molecule has 1 atom stereocenters. The number of rotatable bonds is 2. The first-order valence-electron chi connectivity index (χ1n) is 5.75. The number of carbonyl (C=O) groups excluding carboxylic acids is 1. The third kappa shape index (κ3) is 5.32. The number of likely N-dealkylation sites (N-methyl/N-ethyl adjacent to an activating group) is 1. The average molecular weight is 229 g/mol. The summed E-state index contributed by atoms with van der Waals surface area (Å²) in [7, 11) is 2.08. The van der Waals surface area contributed by atoms with Gasteiger partial charge in [-0.05, 0) is 27.8 Å². The zero-order valence-electron chi connectivity index (χ0n) is 10.7. The van der Waals surface area contributed by atoms with Crippen molar-refractivity contribution < 1.29 is 9.53 Å². The van der Waals surface area contributed by atoms with E-state index in [2.05, 4.69) is 22.6 Å². The van der Waals surface area contributed by atoms with Crippen LogP contribution in [0.5, 0.6) is 0 Å². The molecule has 5 nitrogen and oxygen atoms in total. The van der Waals surface area contributed by atoms with Crippen molar-refractivity contribution in [3.63, 3.8) is 0 Å². The number of ether oxygens (including phenoxy) is 1. The van der Waals surface area contributed by atoms with Crippen LogP contribution in [0.2, 0.25) is 0 Å². The maximum Gasteiger partial charge on any atom is 0.407 e. The summed E-state index contributed by atoms with van der Waals surface area (Å²) in [5, 5.41) is 6.13. The third-order valence-electron chi connectivity index (χ3n) is 2.35. The van der Waals surface area contributed by atoms with Crippen molar-refractivity contribution in [3.8, 4) is 0 Å². The Morgan fingerprint density at radius 1 is 1.56 bits per heavy atom. The van der Waals surface area contributed by atoms with Crippen LogP contribution in [-0.2, 0) is 4.74 Å². The zero-order valence-corrected chi connectivity index (χ0v) is 10.7. The summed E-state index contributed by atoms with van der Waals surface area (Å²) in [4.78, 5) is 13.7. The first-order valence-corrected chi connectivity index (χ1v) is 5.75. The van der Waals surface area contributed by atoms with Crippen molar-refractivity contribution in [1.82, 2.24) is 15.5 Å². The molecule has 0 radical (unpaired) electrons. The summed E-state index contributed by atoms with van der Waals surface area (Å²) < 4.78 is 5.16. The fourth-order valence-corrected chi connectivity index (χ4v) is 1.65. The van der Waals surface area contributed by atoms with E-state index in [9.17, 15) is 4.79 Å². The number of carbonyl (C=O) groups is 1. The SMILES string of the molecule is CN1CCNC(CNC(=O)OC(C)(C)C)C1.